The van der Waals surface area contributed by atoms with Crippen LogP contribution in [0.3, 0.4) is 0 Å². The van der Waals surface area contributed by atoms with Gasteiger partial charge in [0.05, 0.1) is 57.5 Å². The van der Waals surface area contributed by atoms with Crippen LogP contribution in [0.2, 0.25) is 0 Å². The van der Waals surface area contributed by atoms with Gasteiger partial charge in [-0.3, -0.25) is 4.98 Å². The molecule has 0 unspecified atom stereocenters. The third-order valence-corrected chi connectivity index (χ3v) is 13.8. The monoisotopic (exact) mass is 870 g/mol. The second kappa shape index (κ2) is 16.3. The Kier molecular flexibility index (Phi) is 9.74. The summed E-state index contributed by atoms with van der Waals surface area (Å²) in [6.07, 6.45) is 3.98. The highest BCUT2D eigenvalue weighted by atomic mass is 15.0. The van der Waals surface area contributed by atoms with Crippen molar-refractivity contribution < 1.29 is 0 Å². The molecule has 4 nitrogen and oxygen atoms in total. The molecule has 3 heterocycles. The molecular formula is C64H46N4. The fourth-order valence-electron chi connectivity index (χ4n) is 10.1. The Morgan fingerprint density at radius 3 is 0.956 bits per heavy atom. The van der Waals surface area contributed by atoms with Gasteiger partial charge in [-0.1, -0.05) is 186 Å². The SMILES string of the molecule is Cc1ccc(-c2ccc3c4ccc(-c5ccc(C)cc5)cc4n(-c4cncc(-n5c6cc(-c7ccc(C)cc7)ccc6c6ccc(-c7ccc(C)cc7)cc65)c4-c4ccccc4C#N)c3c2)cc1. The van der Waals surface area contributed by atoms with Gasteiger partial charge in [0.1, 0.15) is 0 Å². The van der Waals surface area contributed by atoms with E-state index < -0.39 is 0 Å². The van der Waals surface area contributed by atoms with Crippen LogP contribution in [0.5, 0.6) is 0 Å². The van der Waals surface area contributed by atoms with Crippen molar-refractivity contribution in [1.29, 1.82) is 5.26 Å². The molecular weight excluding hydrogens is 825 g/mol. The Balaban J connectivity index is 1.22. The molecule has 0 fully saturated rings. The molecule has 0 saturated heterocycles. The van der Waals surface area contributed by atoms with Crippen LogP contribution in [0.25, 0.3) is 111 Å². The maximum Gasteiger partial charge on any atom is 0.0998 e. The fraction of sp³-hybridized carbons (Fsp3) is 0.0625. The molecule has 322 valence electrons. The zero-order valence-electron chi connectivity index (χ0n) is 38.4. The molecule has 0 aliphatic rings. The maximum absolute atomic E-state index is 11.0. The number of nitriles is 1. The van der Waals surface area contributed by atoms with E-state index in [-0.39, 0.29) is 0 Å². The van der Waals surface area contributed by atoms with Gasteiger partial charge >= 0.3 is 0 Å². The fourth-order valence-corrected chi connectivity index (χ4v) is 10.1. The van der Waals surface area contributed by atoms with Crippen LogP contribution in [-0.4, -0.2) is 14.1 Å². The number of aromatic nitrogens is 3. The number of fused-ring (bicyclic) bond motifs is 6. The minimum atomic E-state index is 0.587. The third-order valence-electron chi connectivity index (χ3n) is 13.8. The minimum absolute atomic E-state index is 0.587. The molecule has 9 aromatic carbocycles. The van der Waals surface area contributed by atoms with Crippen LogP contribution in [0.4, 0.5) is 0 Å². The van der Waals surface area contributed by atoms with Crippen LogP contribution in [0, 0.1) is 39.0 Å². The van der Waals surface area contributed by atoms with E-state index in [4.69, 9.17) is 4.98 Å². The van der Waals surface area contributed by atoms with Gasteiger partial charge in [-0.25, -0.2) is 0 Å². The summed E-state index contributed by atoms with van der Waals surface area (Å²) in [6, 6.07) is 72.9. The van der Waals surface area contributed by atoms with Gasteiger partial charge < -0.3 is 9.13 Å². The zero-order chi connectivity index (χ0) is 46.0. The van der Waals surface area contributed by atoms with Gasteiger partial charge in [0.25, 0.3) is 0 Å². The van der Waals surface area contributed by atoms with Crippen LogP contribution < -0.4 is 0 Å². The largest absolute Gasteiger partial charge is 0.307 e. The second-order valence-electron chi connectivity index (χ2n) is 18.3. The van der Waals surface area contributed by atoms with E-state index in [2.05, 4.69) is 219 Å². The molecule has 0 spiro atoms. The van der Waals surface area contributed by atoms with Crippen molar-refractivity contribution in [3.8, 4) is 73.1 Å². The van der Waals surface area contributed by atoms with Crippen molar-refractivity contribution in [3.63, 3.8) is 0 Å². The molecule has 68 heavy (non-hydrogen) atoms. The first-order chi connectivity index (χ1) is 33.3. The summed E-state index contributed by atoms with van der Waals surface area (Å²) in [5, 5.41) is 15.5. The standard InChI is InChI=1S/C64H46N4/c1-40-9-17-44(18-10-40)48-25-29-54-55-30-26-49(45-19-11-41(2)12-20-45)34-59(55)67(58(54)33-48)62-38-66-39-63(64(62)53-8-6-5-7-52(53)37-65)68-60-35-50(46-21-13-42(3)14-22-46)27-31-56(60)57-32-28-51(36-61(57)68)47-23-15-43(4)16-24-47/h5-36,38-39H,1-4H3. The Morgan fingerprint density at radius 1 is 0.353 bits per heavy atom. The first-order valence-corrected chi connectivity index (χ1v) is 23.2. The van der Waals surface area contributed by atoms with Crippen LogP contribution in [0.1, 0.15) is 27.8 Å². The minimum Gasteiger partial charge on any atom is -0.307 e. The molecule has 12 rings (SSSR count). The molecule has 0 radical (unpaired) electrons. The highest BCUT2D eigenvalue weighted by molar-refractivity contribution is 6.14. The molecule has 12 aromatic rings. The molecule has 0 amide bonds. The van der Waals surface area contributed by atoms with Crippen LogP contribution in [-0.2, 0) is 0 Å². The van der Waals surface area contributed by atoms with E-state index in [0.29, 0.717) is 5.56 Å². The lowest BCUT2D eigenvalue weighted by Crippen LogP contribution is -2.06. The molecule has 0 atom stereocenters. The van der Waals surface area contributed by atoms with Gasteiger partial charge in [-0.05, 0) is 103 Å². The highest BCUT2D eigenvalue weighted by Crippen LogP contribution is 2.45. The Labute approximate surface area is 396 Å². The molecule has 4 heteroatoms. The van der Waals surface area contributed by atoms with E-state index in [0.717, 1.165) is 111 Å². The third kappa shape index (κ3) is 6.87. The molecule has 3 aromatic heterocycles. The van der Waals surface area contributed by atoms with Crippen LogP contribution in [0.15, 0.2) is 207 Å². The number of benzene rings is 9. The Morgan fingerprint density at radius 2 is 0.647 bits per heavy atom. The van der Waals surface area contributed by atoms with Gasteiger partial charge in [0.2, 0.25) is 0 Å². The van der Waals surface area contributed by atoms with E-state index in [9.17, 15) is 5.26 Å². The first kappa shape index (κ1) is 40.7. The summed E-state index contributed by atoms with van der Waals surface area (Å²) in [5.74, 6) is 0. The number of nitrogens with zero attached hydrogens (tertiary/aromatic N) is 4. The average Bonchev–Trinajstić information content (AvgIpc) is 3.88. The Hall–Kier alpha value is -8.78. The number of hydrogen-bond donors (Lipinski definition) is 0. The average molecular weight is 871 g/mol. The van der Waals surface area contributed by atoms with Crippen molar-refractivity contribution in [1.82, 2.24) is 14.1 Å². The number of rotatable bonds is 7. The van der Waals surface area contributed by atoms with Gasteiger partial charge in [0.15, 0.2) is 0 Å². The van der Waals surface area contributed by atoms with Crippen LogP contribution >= 0.6 is 0 Å². The summed E-state index contributed by atoms with van der Waals surface area (Å²) in [4.78, 5) is 5.20. The molecule has 0 bridgehead atoms. The second-order valence-corrected chi connectivity index (χ2v) is 18.3. The first-order valence-electron chi connectivity index (χ1n) is 23.2. The zero-order valence-corrected chi connectivity index (χ0v) is 38.4. The van der Waals surface area contributed by atoms with Gasteiger partial charge in [-0.2, -0.15) is 5.26 Å². The number of pyridine rings is 1. The summed E-state index contributed by atoms with van der Waals surface area (Å²) in [7, 11) is 0. The predicted molar refractivity (Wildman–Crippen MR) is 284 cm³/mol. The quantitative estimate of drug-likeness (QED) is 0.160. The lowest BCUT2D eigenvalue weighted by atomic mass is 9.97. The lowest BCUT2D eigenvalue weighted by Gasteiger charge is -2.20. The highest BCUT2D eigenvalue weighted by Gasteiger charge is 2.25. The van der Waals surface area contributed by atoms with Gasteiger partial charge in [-0.15, -0.1) is 0 Å². The summed E-state index contributed by atoms with van der Waals surface area (Å²) >= 11 is 0. The molecule has 0 aliphatic carbocycles. The van der Waals surface area contributed by atoms with Crippen molar-refractivity contribution in [2.24, 2.45) is 0 Å². The molecule has 0 N–H and O–H groups in total. The smallest absolute Gasteiger partial charge is 0.0998 e. The molecule has 0 saturated carbocycles. The molecule has 0 aliphatic heterocycles. The predicted octanol–water partition coefficient (Wildman–Crippen LogP) is 16.7. The van der Waals surface area contributed by atoms with Crippen molar-refractivity contribution >= 4 is 43.6 Å². The van der Waals surface area contributed by atoms with Gasteiger partial charge in [0, 0.05) is 32.7 Å². The number of aryl methyl sites for hydroxylation is 4. The summed E-state index contributed by atoms with van der Waals surface area (Å²) < 4.78 is 4.78. The lowest BCUT2D eigenvalue weighted by molar-refractivity contribution is 1.09. The maximum atomic E-state index is 11.0. The van der Waals surface area contributed by atoms with Crippen molar-refractivity contribution in [3.05, 3.63) is 234 Å². The normalized spacial score (nSPS) is 11.5. The van der Waals surface area contributed by atoms with E-state index in [1.54, 1.807) is 0 Å². The van der Waals surface area contributed by atoms with E-state index in [1.807, 2.05) is 30.6 Å². The topological polar surface area (TPSA) is 46.5 Å². The van der Waals surface area contributed by atoms with E-state index in [1.165, 1.54) is 22.3 Å². The van der Waals surface area contributed by atoms with E-state index >= 15 is 0 Å². The van der Waals surface area contributed by atoms with Crippen molar-refractivity contribution in [2.45, 2.75) is 27.7 Å². The summed E-state index contributed by atoms with van der Waals surface area (Å²) in [5.41, 5.74) is 22.3. The number of hydrogen-bond acceptors (Lipinski definition) is 2. The Bertz CT molecular complexity index is 3540. The van der Waals surface area contributed by atoms with Crippen molar-refractivity contribution in [2.75, 3.05) is 0 Å². The summed E-state index contributed by atoms with van der Waals surface area (Å²) in [6.45, 7) is 8.50.